The Morgan fingerprint density at radius 3 is 2.54 bits per heavy atom. The lowest BCUT2D eigenvalue weighted by Crippen LogP contribution is -2.46. The normalized spacial score (nSPS) is 15.8. The van der Waals surface area contributed by atoms with E-state index in [1.807, 2.05) is 44.4 Å². The van der Waals surface area contributed by atoms with Gasteiger partial charge in [-0.3, -0.25) is 4.79 Å². The van der Waals surface area contributed by atoms with E-state index < -0.39 is 5.41 Å². The van der Waals surface area contributed by atoms with Crippen LogP contribution in [0.4, 0.5) is 10.1 Å². The molecule has 1 saturated carbocycles. The van der Waals surface area contributed by atoms with Crippen LogP contribution in [0.1, 0.15) is 30.4 Å². The van der Waals surface area contributed by atoms with Crippen molar-refractivity contribution >= 4 is 11.6 Å². The summed E-state index contributed by atoms with van der Waals surface area (Å²) in [7, 11) is 4.02. The summed E-state index contributed by atoms with van der Waals surface area (Å²) >= 11 is 0. The third-order valence-corrected chi connectivity index (χ3v) is 4.70. The van der Waals surface area contributed by atoms with Gasteiger partial charge in [-0.1, -0.05) is 30.7 Å². The lowest BCUT2D eigenvalue weighted by Gasteiger charge is -2.40. The van der Waals surface area contributed by atoms with Crippen LogP contribution < -0.4 is 5.32 Å². The highest BCUT2D eigenvalue weighted by Crippen LogP contribution is 2.44. The van der Waals surface area contributed by atoms with Gasteiger partial charge in [-0.15, -0.1) is 0 Å². The van der Waals surface area contributed by atoms with Crippen molar-refractivity contribution in [2.75, 3.05) is 19.4 Å². The van der Waals surface area contributed by atoms with Crippen molar-refractivity contribution < 1.29 is 9.18 Å². The molecule has 126 valence electrons. The van der Waals surface area contributed by atoms with Gasteiger partial charge in [0.2, 0.25) is 5.91 Å². The minimum Gasteiger partial charge on any atom is -0.325 e. The number of anilines is 1. The number of hydrogen-bond donors (Lipinski definition) is 1. The summed E-state index contributed by atoms with van der Waals surface area (Å²) in [6.07, 6.45) is 2.52. The zero-order valence-electron chi connectivity index (χ0n) is 14.2. The molecule has 3 nitrogen and oxygen atoms in total. The predicted molar refractivity (Wildman–Crippen MR) is 94.4 cm³/mol. The van der Waals surface area contributed by atoms with Gasteiger partial charge in [0.15, 0.2) is 0 Å². The molecule has 0 atom stereocenters. The van der Waals surface area contributed by atoms with E-state index in [4.69, 9.17) is 0 Å². The van der Waals surface area contributed by atoms with Gasteiger partial charge in [0.05, 0.1) is 5.41 Å². The molecule has 0 spiro atoms. The summed E-state index contributed by atoms with van der Waals surface area (Å²) in [6, 6.07) is 14.3. The Balaban J connectivity index is 1.81. The van der Waals surface area contributed by atoms with Gasteiger partial charge in [-0.05, 0) is 62.3 Å². The smallest absolute Gasteiger partial charge is 0.235 e. The molecule has 0 radical (unpaired) electrons. The summed E-state index contributed by atoms with van der Waals surface area (Å²) < 4.78 is 13.6. The summed E-state index contributed by atoms with van der Waals surface area (Å²) in [5.74, 6) is -0.332. The van der Waals surface area contributed by atoms with Crippen molar-refractivity contribution in [2.45, 2.75) is 31.2 Å². The van der Waals surface area contributed by atoms with E-state index in [1.54, 1.807) is 6.07 Å². The third-order valence-electron chi connectivity index (χ3n) is 4.70. The predicted octanol–water partition coefficient (Wildman–Crippen LogP) is 3.95. The average Bonchev–Trinajstić information content (AvgIpc) is 2.45. The second-order valence-electron chi connectivity index (χ2n) is 6.84. The monoisotopic (exact) mass is 326 g/mol. The highest BCUT2D eigenvalue weighted by Gasteiger charge is 2.45. The van der Waals surface area contributed by atoms with Gasteiger partial charge < -0.3 is 10.2 Å². The zero-order valence-corrected chi connectivity index (χ0v) is 14.2. The van der Waals surface area contributed by atoms with Crippen LogP contribution in [0.25, 0.3) is 0 Å². The molecule has 1 fully saturated rings. The number of amides is 1. The summed E-state index contributed by atoms with van der Waals surface area (Å²) in [4.78, 5) is 15.0. The minimum atomic E-state index is -0.598. The van der Waals surface area contributed by atoms with Crippen LogP contribution in [0.5, 0.6) is 0 Å². The highest BCUT2D eigenvalue weighted by atomic mass is 19.1. The number of benzene rings is 2. The molecule has 0 aliphatic heterocycles. The second kappa shape index (κ2) is 6.73. The Labute approximate surface area is 142 Å². The van der Waals surface area contributed by atoms with Crippen molar-refractivity contribution in [3.63, 3.8) is 0 Å². The van der Waals surface area contributed by atoms with Crippen LogP contribution in [-0.4, -0.2) is 24.9 Å². The van der Waals surface area contributed by atoms with Crippen molar-refractivity contribution in [2.24, 2.45) is 0 Å². The minimum absolute atomic E-state index is 0.0404. The number of halogens is 1. The molecule has 1 N–H and O–H groups in total. The summed E-state index contributed by atoms with van der Waals surface area (Å²) in [6.45, 7) is 0.818. The van der Waals surface area contributed by atoms with E-state index in [-0.39, 0.29) is 11.7 Å². The van der Waals surface area contributed by atoms with Crippen molar-refractivity contribution in [1.82, 2.24) is 4.90 Å². The van der Waals surface area contributed by atoms with E-state index in [0.29, 0.717) is 0 Å². The number of hydrogen-bond acceptors (Lipinski definition) is 2. The zero-order chi connectivity index (χ0) is 17.2. The van der Waals surface area contributed by atoms with Gasteiger partial charge in [0.25, 0.3) is 0 Å². The van der Waals surface area contributed by atoms with Crippen LogP contribution >= 0.6 is 0 Å². The molecule has 1 aliphatic carbocycles. The van der Waals surface area contributed by atoms with Crippen LogP contribution in [0.3, 0.4) is 0 Å². The lowest BCUT2D eigenvalue weighted by atomic mass is 9.63. The highest BCUT2D eigenvalue weighted by molar-refractivity contribution is 6.00. The molecule has 0 saturated heterocycles. The first kappa shape index (κ1) is 16.7. The fourth-order valence-electron chi connectivity index (χ4n) is 3.33. The number of nitrogens with one attached hydrogen (secondary N) is 1. The Kier molecular flexibility index (Phi) is 4.67. The van der Waals surface area contributed by atoms with Crippen LogP contribution in [0.15, 0.2) is 48.5 Å². The molecule has 24 heavy (non-hydrogen) atoms. The quantitative estimate of drug-likeness (QED) is 0.902. The standard InChI is InChI=1S/C20H23FN2O/c1-23(2)14-15-6-3-9-18(12-15)22-19(24)20(10-5-11-20)16-7-4-8-17(21)13-16/h3-4,6-9,12-13H,5,10-11,14H2,1-2H3,(H,22,24). The molecule has 1 aliphatic rings. The first-order valence-corrected chi connectivity index (χ1v) is 8.31. The summed E-state index contributed by atoms with van der Waals surface area (Å²) in [5, 5.41) is 3.04. The number of rotatable bonds is 5. The van der Waals surface area contributed by atoms with Gasteiger partial charge >= 0.3 is 0 Å². The molecule has 4 heteroatoms. The van der Waals surface area contributed by atoms with Crippen molar-refractivity contribution in [3.05, 3.63) is 65.5 Å². The molecule has 1 amide bonds. The van der Waals surface area contributed by atoms with E-state index in [1.165, 1.54) is 12.1 Å². The molecule has 0 heterocycles. The Morgan fingerprint density at radius 1 is 1.17 bits per heavy atom. The van der Waals surface area contributed by atoms with E-state index in [9.17, 15) is 9.18 Å². The van der Waals surface area contributed by atoms with Crippen molar-refractivity contribution in [1.29, 1.82) is 0 Å². The molecule has 2 aromatic carbocycles. The average molecular weight is 326 g/mol. The molecule has 3 rings (SSSR count). The maximum absolute atomic E-state index is 13.6. The fourth-order valence-corrected chi connectivity index (χ4v) is 3.33. The van der Waals surface area contributed by atoms with Crippen LogP contribution in [-0.2, 0) is 16.8 Å². The van der Waals surface area contributed by atoms with Gasteiger partial charge in [-0.2, -0.15) is 0 Å². The second-order valence-corrected chi connectivity index (χ2v) is 6.84. The Morgan fingerprint density at radius 2 is 1.92 bits per heavy atom. The maximum Gasteiger partial charge on any atom is 0.235 e. The van der Waals surface area contributed by atoms with Crippen molar-refractivity contribution in [3.8, 4) is 0 Å². The molecule has 0 unspecified atom stereocenters. The molecule has 2 aromatic rings. The topological polar surface area (TPSA) is 32.3 Å². The largest absolute Gasteiger partial charge is 0.325 e. The lowest BCUT2D eigenvalue weighted by molar-refractivity contribution is -0.124. The SMILES string of the molecule is CN(C)Cc1cccc(NC(=O)C2(c3cccc(F)c3)CCC2)c1. The molecule has 0 bridgehead atoms. The van der Waals surface area contributed by atoms with E-state index >= 15 is 0 Å². The van der Waals surface area contributed by atoms with Crippen LogP contribution in [0, 0.1) is 5.82 Å². The van der Waals surface area contributed by atoms with E-state index in [2.05, 4.69) is 10.2 Å². The maximum atomic E-state index is 13.6. The Bertz CT molecular complexity index is 738. The first-order valence-electron chi connectivity index (χ1n) is 8.31. The number of carbonyl (C=O) groups is 1. The first-order chi connectivity index (χ1) is 11.5. The van der Waals surface area contributed by atoms with Gasteiger partial charge in [-0.25, -0.2) is 4.39 Å². The third kappa shape index (κ3) is 3.34. The summed E-state index contributed by atoms with van der Waals surface area (Å²) in [5.41, 5.74) is 2.11. The molecular formula is C20H23FN2O. The van der Waals surface area contributed by atoms with E-state index in [0.717, 1.165) is 42.6 Å². The molecular weight excluding hydrogens is 303 g/mol. The number of nitrogens with zero attached hydrogens (tertiary/aromatic N) is 1. The number of carbonyl (C=O) groups excluding carboxylic acids is 1. The van der Waals surface area contributed by atoms with Gasteiger partial charge in [0.1, 0.15) is 5.82 Å². The fraction of sp³-hybridized carbons (Fsp3) is 0.350. The van der Waals surface area contributed by atoms with Gasteiger partial charge in [0, 0.05) is 12.2 Å². The molecule has 0 aromatic heterocycles. The van der Waals surface area contributed by atoms with Crippen LogP contribution in [0.2, 0.25) is 0 Å². The Hall–Kier alpha value is -2.20.